The van der Waals surface area contributed by atoms with Gasteiger partial charge in [-0.25, -0.2) is 0 Å². The molecule has 0 spiro atoms. The van der Waals surface area contributed by atoms with Gasteiger partial charge >= 0.3 is 0 Å². The minimum Gasteiger partial charge on any atom is -0.376 e. The van der Waals surface area contributed by atoms with Crippen LogP contribution in [-0.2, 0) is 16.1 Å². The summed E-state index contributed by atoms with van der Waals surface area (Å²) in [5, 5.41) is 14.7. The first kappa shape index (κ1) is 22.3. The Morgan fingerprint density at radius 3 is 2.93 bits per heavy atom. The topological polar surface area (TPSA) is 69.0 Å². The highest BCUT2D eigenvalue weighted by molar-refractivity contribution is 7.99. The maximum absolute atomic E-state index is 12.4. The molecule has 29 heavy (non-hydrogen) atoms. The SMILES string of the molecule is CC(C)CCCC(C)NC(=O)CSc1nnc(-c2cccs2)n1CC1CCCO1. The molecule has 3 rings (SSSR count). The van der Waals surface area contributed by atoms with Crippen molar-refractivity contribution in [2.24, 2.45) is 5.92 Å². The Labute approximate surface area is 181 Å². The molecular weight excluding hydrogens is 404 g/mol. The molecule has 0 bridgehead atoms. The number of carbonyl (C=O) groups excluding carboxylic acids is 1. The third-order valence-corrected chi connectivity index (χ3v) is 6.86. The second-order valence-electron chi connectivity index (χ2n) is 8.11. The molecule has 8 heteroatoms. The van der Waals surface area contributed by atoms with Crippen molar-refractivity contribution in [3.63, 3.8) is 0 Å². The van der Waals surface area contributed by atoms with Crippen LogP contribution in [-0.4, -0.2) is 45.2 Å². The van der Waals surface area contributed by atoms with Crippen LogP contribution in [0.2, 0.25) is 0 Å². The number of nitrogens with one attached hydrogen (secondary N) is 1. The van der Waals surface area contributed by atoms with E-state index in [0.717, 1.165) is 54.7 Å². The molecule has 1 aliphatic heterocycles. The summed E-state index contributed by atoms with van der Waals surface area (Å²) in [5.41, 5.74) is 0. The van der Waals surface area contributed by atoms with Crippen LogP contribution in [0.25, 0.3) is 10.7 Å². The lowest BCUT2D eigenvalue weighted by Crippen LogP contribution is -2.33. The van der Waals surface area contributed by atoms with Gasteiger partial charge in [-0.3, -0.25) is 9.36 Å². The number of aromatic nitrogens is 3. The number of nitrogens with zero attached hydrogens (tertiary/aromatic N) is 3. The van der Waals surface area contributed by atoms with Gasteiger partial charge in [0.15, 0.2) is 11.0 Å². The predicted molar refractivity (Wildman–Crippen MR) is 119 cm³/mol. The van der Waals surface area contributed by atoms with Crippen LogP contribution in [0.4, 0.5) is 0 Å². The summed E-state index contributed by atoms with van der Waals surface area (Å²) in [7, 11) is 0. The van der Waals surface area contributed by atoms with E-state index in [1.165, 1.54) is 18.2 Å². The van der Waals surface area contributed by atoms with Crippen molar-refractivity contribution in [1.29, 1.82) is 0 Å². The second-order valence-corrected chi connectivity index (χ2v) is 10.0. The number of thioether (sulfide) groups is 1. The van der Waals surface area contributed by atoms with E-state index in [1.807, 2.05) is 11.4 Å². The van der Waals surface area contributed by atoms with Crippen molar-refractivity contribution in [3.8, 4) is 10.7 Å². The van der Waals surface area contributed by atoms with Crippen molar-refractivity contribution in [1.82, 2.24) is 20.1 Å². The summed E-state index contributed by atoms with van der Waals surface area (Å²) in [5.74, 6) is 1.97. The zero-order valence-electron chi connectivity index (χ0n) is 17.6. The zero-order chi connectivity index (χ0) is 20.6. The van der Waals surface area contributed by atoms with Gasteiger partial charge in [0.1, 0.15) is 0 Å². The van der Waals surface area contributed by atoms with Gasteiger partial charge in [-0.15, -0.1) is 21.5 Å². The lowest BCUT2D eigenvalue weighted by atomic mass is 10.0. The minimum atomic E-state index is 0.0522. The van der Waals surface area contributed by atoms with Gasteiger partial charge in [0.05, 0.1) is 23.3 Å². The van der Waals surface area contributed by atoms with Crippen molar-refractivity contribution < 1.29 is 9.53 Å². The minimum absolute atomic E-state index is 0.0522. The van der Waals surface area contributed by atoms with Crippen molar-refractivity contribution in [2.45, 2.75) is 76.7 Å². The Bertz CT molecular complexity index is 755. The molecule has 0 saturated carbocycles. The Kier molecular flexibility index (Phi) is 8.56. The van der Waals surface area contributed by atoms with E-state index in [0.29, 0.717) is 11.7 Å². The molecule has 1 fully saturated rings. The van der Waals surface area contributed by atoms with Crippen molar-refractivity contribution >= 4 is 29.0 Å². The fourth-order valence-corrected chi connectivity index (χ4v) is 4.97. The van der Waals surface area contributed by atoms with E-state index in [1.54, 1.807) is 11.3 Å². The molecule has 3 heterocycles. The Morgan fingerprint density at radius 2 is 2.24 bits per heavy atom. The summed E-state index contributed by atoms with van der Waals surface area (Å²) in [6, 6.07) is 4.28. The van der Waals surface area contributed by atoms with E-state index in [-0.39, 0.29) is 18.1 Å². The summed E-state index contributed by atoms with van der Waals surface area (Å²) >= 11 is 3.10. The smallest absolute Gasteiger partial charge is 0.230 e. The van der Waals surface area contributed by atoms with Gasteiger partial charge in [0.2, 0.25) is 5.91 Å². The maximum atomic E-state index is 12.4. The quantitative estimate of drug-likeness (QED) is 0.521. The number of ether oxygens (including phenoxy) is 1. The Balaban J connectivity index is 1.57. The normalized spacial score (nSPS) is 17.7. The van der Waals surface area contributed by atoms with Crippen LogP contribution in [0.1, 0.15) is 52.9 Å². The van der Waals surface area contributed by atoms with Gasteiger partial charge in [-0.1, -0.05) is 44.5 Å². The Morgan fingerprint density at radius 1 is 1.38 bits per heavy atom. The highest BCUT2D eigenvalue weighted by Crippen LogP contribution is 2.29. The molecule has 2 unspecified atom stereocenters. The monoisotopic (exact) mass is 436 g/mol. The standard InChI is InChI=1S/C21H32N4O2S2/c1-15(2)7-4-8-16(3)22-19(26)14-29-21-24-23-20(18-10-6-12-28-18)25(21)13-17-9-5-11-27-17/h6,10,12,15-17H,4-5,7-9,11,13-14H2,1-3H3,(H,22,26). The number of thiophene rings is 1. The molecule has 1 aliphatic rings. The molecule has 1 amide bonds. The molecule has 2 aromatic heterocycles. The summed E-state index contributed by atoms with van der Waals surface area (Å²) in [6.45, 7) is 8.10. The van der Waals surface area contributed by atoms with Crippen LogP contribution in [0.15, 0.2) is 22.7 Å². The van der Waals surface area contributed by atoms with Gasteiger partial charge in [0, 0.05) is 12.6 Å². The highest BCUT2D eigenvalue weighted by Gasteiger charge is 2.22. The van der Waals surface area contributed by atoms with E-state index in [9.17, 15) is 4.79 Å². The maximum Gasteiger partial charge on any atom is 0.230 e. The van der Waals surface area contributed by atoms with Gasteiger partial charge < -0.3 is 10.1 Å². The first-order valence-electron chi connectivity index (χ1n) is 10.5. The highest BCUT2D eigenvalue weighted by atomic mass is 32.2. The summed E-state index contributed by atoms with van der Waals surface area (Å²) in [4.78, 5) is 13.5. The summed E-state index contributed by atoms with van der Waals surface area (Å²) < 4.78 is 7.94. The first-order valence-corrected chi connectivity index (χ1v) is 12.4. The third kappa shape index (κ3) is 6.83. The van der Waals surface area contributed by atoms with E-state index < -0.39 is 0 Å². The molecule has 0 aromatic carbocycles. The number of carbonyl (C=O) groups is 1. The molecule has 0 radical (unpaired) electrons. The number of hydrogen-bond donors (Lipinski definition) is 1. The number of rotatable bonds is 11. The van der Waals surface area contributed by atoms with Crippen LogP contribution in [0.3, 0.4) is 0 Å². The third-order valence-electron chi connectivity index (χ3n) is 5.03. The largest absolute Gasteiger partial charge is 0.376 e. The van der Waals surface area contributed by atoms with Crippen molar-refractivity contribution in [2.75, 3.05) is 12.4 Å². The van der Waals surface area contributed by atoms with Crippen LogP contribution in [0, 0.1) is 5.92 Å². The molecule has 2 atom stereocenters. The average molecular weight is 437 g/mol. The van der Waals surface area contributed by atoms with E-state index in [2.05, 4.69) is 46.9 Å². The van der Waals surface area contributed by atoms with Gasteiger partial charge in [-0.05, 0) is 43.6 Å². The molecule has 1 saturated heterocycles. The number of amides is 1. The molecule has 2 aromatic rings. The predicted octanol–water partition coefficient (Wildman–Crippen LogP) is 4.61. The first-order chi connectivity index (χ1) is 14.0. The van der Waals surface area contributed by atoms with Crippen LogP contribution < -0.4 is 5.32 Å². The van der Waals surface area contributed by atoms with Gasteiger partial charge in [0.25, 0.3) is 0 Å². The average Bonchev–Trinajstić information content (AvgIpc) is 3.42. The fourth-order valence-electron chi connectivity index (χ4n) is 3.49. The van der Waals surface area contributed by atoms with Crippen LogP contribution >= 0.6 is 23.1 Å². The lowest BCUT2D eigenvalue weighted by Gasteiger charge is -2.15. The number of hydrogen-bond acceptors (Lipinski definition) is 6. The molecular formula is C21H32N4O2S2. The molecule has 160 valence electrons. The lowest BCUT2D eigenvalue weighted by molar-refractivity contribution is -0.119. The van der Waals surface area contributed by atoms with Crippen LogP contribution in [0.5, 0.6) is 0 Å². The van der Waals surface area contributed by atoms with Crippen molar-refractivity contribution in [3.05, 3.63) is 17.5 Å². The Hall–Kier alpha value is -1.38. The van der Waals surface area contributed by atoms with Gasteiger partial charge in [-0.2, -0.15) is 0 Å². The van der Waals surface area contributed by atoms with E-state index in [4.69, 9.17) is 4.74 Å². The fraction of sp³-hybridized carbons (Fsp3) is 0.667. The summed E-state index contributed by atoms with van der Waals surface area (Å²) in [6.07, 6.45) is 5.71. The molecule has 0 aliphatic carbocycles. The molecule has 6 nitrogen and oxygen atoms in total. The molecule has 1 N–H and O–H groups in total. The second kappa shape index (κ2) is 11.1. The zero-order valence-corrected chi connectivity index (χ0v) is 19.2. The van der Waals surface area contributed by atoms with E-state index >= 15 is 0 Å².